The number of nitrogens with one attached hydrogen (secondary N) is 1. The van der Waals surface area contributed by atoms with E-state index in [1.54, 1.807) is 43.3 Å². The van der Waals surface area contributed by atoms with Crippen LogP contribution >= 0.6 is 11.6 Å². The predicted molar refractivity (Wildman–Crippen MR) is 99.6 cm³/mol. The normalized spacial score (nSPS) is 11.2. The summed E-state index contributed by atoms with van der Waals surface area (Å²) in [5, 5.41) is 0.587. The second kappa shape index (κ2) is 7.40. The Morgan fingerprint density at radius 3 is 2.88 bits per heavy atom. The van der Waals surface area contributed by atoms with Gasteiger partial charge in [0, 0.05) is 23.7 Å². The van der Waals surface area contributed by atoms with E-state index in [1.165, 1.54) is 6.08 Å². The molecule has 0 saturated heterocycles. The molecule has 25 heavy (non-hydrogen) atoms. The lowest BCUT2D eigenvalue weighted by atomic mass is 10.2. The van der Waals surface area contributed by atoms with Gasteiger partial charge in [0.05, 0.1) is 24.7 Å². The molecule has 0 spiro atoms. The number of H-pyrrole nitrogens is 1. The van der Waals surface area contributed by atoms with E-state index in [9.17, 15) is 4.79 Å². The number of carbonyl (C=O) groups excluding carboxylic acids is 1. The fourth-order valence-electron chi connectivity index (χ4n) is 2.51. The average molecular weight is 356 g/mol. The highest BCUT2D eigenvalue weighted by Gasteiger charge is 2.10. The highest BCUT2D eigenvalue weighted by atomic mass is 35.5. The molecule has 128 valence electrons. The van der Waals surface area contributed by atoms with Gasteiger partial charge in [0.15, 0.2) is 0 Å². The summed E-state index contributed by atoms with van der Waals surface area (Å²) in [6.45, 7) is 0.393. The Morgan fingerprint density at radius 2 is 2.12 bits per heavy atom. The molecule has 0 unspecified atom stereocenters. The molecule has 1 aromatic heterocycles. The molecule has 3 aromatic rings. The third-order valence-corrected chi connectivity index (χ3v) is 4.03. The number of aromatic amines is 1. The number of fused-ring (bicyclic) bond motifs is 1. The molecule has 0 saturated carbocycles. The molecule has 0 aliphatic rings. The maximum atomic E-state index is 12.3. The number of para-hydroxylation sites is 2. The van der Waals surface area contributed by atoms with Gasteiger partial charge in [-0.05, 0) is 36.4 Å². The minimum atomic E-state index is -0.137. The molecule has 3 rings (SSSR count). The van der Waals surface area contributed by atoms with Gasteiger partial charge in [-0.1, -0.05) is 23.7 Å². The van der Waals surface area contributed by atoms with Gasteiger partial charge < -0.3 is 14.6 Å². The van der Waals surface area contributed by atoms with E-state index in [0.29, 0.717) is 17.3 Å². The summed E-state index contributed by atoms with van der Waals surface area (Å²) in [5.74, 6) is 1.27. The third-order valence-electron chi connectivity index (χ3n) is 3.80. The molecule has 6 heteroatoms. The zero-order chi connectivity index (χ0) is 17.8. The van der Waals surface area contributed by atoms with Crippen LogP contribution in [0.3, 0.4) is 0 Å². The van der Waals surface area contributed by atoms with Crippen LogP contribution in [0.2, 0.25) is 5.02 Å². The largest absolute Gasteiger partial charge is 0.496 e. The number of methoxy groups -OCH3 is 1. The first-order valence-corrected chi connectivity index (χ1v) is 8.15. The first kappa shape index (κ1) is 17.0. The molecule has 0 fully saturated rings. The molecular weight excluding hydrogens is 338 g/mol. The van der Waals surface area contributed by atoms with Crippen LogP contribution in [0.1, 0.15) is 11.4 Å². The number of benzene rings is 2. The van der Waals surface area contributed by atoms with Gasteiger partial charge in [0.2, 0.25) is 5.91 Å². The van der Waals surface area contributed by atoms with Crippen molar-refractivity contribution in [2.24, 2.45) is 0 Å². The molecule has 0 aliphatic heterocycles. The molecule has 2 aromatic carbocycles. The smallest absolute Gasteiger partial charge is 0.246 e. The van der Waals surface area contributed by atoms with E-state index < -0.39 is 0 Å². The van der Waals surface area contributed by atoms with Crippen LogP contribution in [0, 0.1) is 0 Å². The Bertz CT molecular complexity index is 900. The van der Waals surface area contributed by atoms with Crippen LogP contribution in [0.4, 0.5) is 0 Å². The highest BCUT2D eigenvalue weighted by molar-refractivity contribution is 6.30. The second-order valence-electron chi connectivity index (χ2n) is 5.61. The van der Waals surface area contributed by atoms with Crippen molar-refractivity contribution in [1.82, 2.24) is 14.9 Å². The van der Waals surface area contributed by atoms with Crippen molar-refractivity contribution >= 4 is 34.6 Å². The van der Waals surface area contributed by atoms with Crippen molar-refractivity contribution in [3.05, 3.63) is 65.0 Å². The van der Waals surface area contributed by atoms with Crippen LogP contribution in [0.15, 0.2) is 48.5 Å². The number of rotatable bonds is 5. The number of aromatic nitrogens is 2. The summed E-state index contributed by atoms with van der Waals surface area (Å²) in [6, 6.07) is 13.0. The molecule has 1 amide bonds. The molecule has 0 aliphatic carbocycles. The van der Waals surface area contributed by atoms with Gasteiger partial charge in [-0.25, -0.2) is 4.98 Å². The van der Waals surface area contributed by atoms with E-state index >= 15 is 0 Å². The standard InChI is InChI=1S/C19H18ClN3O2/c1-23(12-18-21-15-5-3-4-6-16(15)22-18)19(24)10-7-13-11-14(20)8-9-17(13)25-2/h3-11H,12H2,1-2H3,(H,21,22)/b10-7+. The highest BCUT2D eigenvalue weighted by Crippen LogP contribution is 2.23. The van der Waals surface area contributed by atoms with Crippen LogP contribution < -0.4 is 4.74 Å². The van der Waals surface area contributed by atoms with E-state index in [1.807, 2.05) is 24.3 Å². The minimum Gasteiger partial charge on any atom is -0.496 e. The monoisotopic (exact) mass is 355 g/mol. The van der Waals surface area contributed by atoms with E-state index in [2.05, 4.69) is 9.97 Å². The maximum Gasteiger partial charge on any atom is 0.246 e. The second-order valence-corrected chi connectivity index (χ2v) is 6.05. The van der Waals surface area contributed by atoms with Gasteiger partial charge in [0.1, 0.15) is 11.6 Å². The van der Waals surface area contributed by atoms with Crippen molar-refractivity contribution in [2.75, 3.05) is 14.2 Å². The lowest BCUT2D eigenvalue weighted by Gasteiger charge is -2.13. The Morgan fingerprint density at radius 1 is 1.32 bits per heavy atom. The lowest BCUT2D eigenvalue weighted by Crippen LogP contribution is -2.24. The van der Waals surface area contributed by atoms with Crippen LogP contribution in [-0.4, -0.2) is 34.9 Å². The van der Waals surface area contributed by atoms with Gasteiger partial charge in [-0.2, -0.15) is 0 Å². The number of carbonyl (C=O) groups is 1. The summed E-state index contributed by atoms with van der Waals surface area (Å²) in [4.78, 5) is 21.6. The average Bonchev–Trinajstić information content (AvgIpc) is 3.01. The zero-order valence-electron chi connectivity index (χ0n) is 14.0. The number of hydrogen-bond acceptors (Lipinski definition) is 3. The molecule has 0 bridgehead atoms. The quantitative estimate of drug-likeness (QED) is 0.706. The fraction of sp³-hybridized carbons (Fsp3) is 0.158. The Balaban J connectivity index is 1.71. The van der Waals surface area contributed by atoms with Gasteiger partial charge in [-0.3, -0.25) is 4.79 Å². The SMILES string of the molecule is COc1ccc(Cl)cc1/C=C/C(=O)N(C)Cc1nc2ccccc2[nH]1. The number of hydrogen-bond donors (Lipinski definition) is 1. The summed E-state index contributed by atoms with van der Waals surface area (Å²) < 4.78 is 5.27. The van der Waals surface area contributed by atoms with Crippen LogP contribution in [-0.2, 0) is 11.3 Å². The number of ether oxygens (including phenoxy) is 1. The van der Waals surface area contributed by atoms with Gasteiger partial charge >= 0.3 is 0 Å². The Kier molecular flexibility index (Phi) is 5.05. The topological polar surface area (TPSA) is 58.2 Å². The number of amides is 1. The number of imidazole rings is 1. The molecule has 0 radical (unpaired) electrons. The van der Waals surface area contributed by atoms with Crippen LogP contribution in [0.5, 0.6) is 5.75 Å². The molecule has 1 heterocycles. The zero-order valence-corrected chi connectivity index (χ0v) is 14.7. The summed E-state index contributed by atoms with van der Waals surface area (Å²) in [5.41, 5.74) is 2.59. The maximum absolute atomic E-state index is 12.3. The summed E-state index contributed by atoms with van der Waals surface area (Å²) in [6.07, 6.45) is 3.19. The van der Waals surface area contributed by atoms with Gasteiger partial charge in [-0.15, -0.1) is 0 Å². The first-order chi connectivity index (χ1) is 12.1. The van der Waals surface area contributed by atoms with E-state index in [4.69, 9.17) is 16.3 Å². The number of nitrogens with zero attached hydrogens (tertiary/aromatic N) is 2. The van der Waals surface area contributed by atoms with Crippen molar-refractivity contribution in [2.45, 2.75) is 6.54 Å². The molecule has 0 atom stereocenters. The number of likely N-dealkylation sites (N-methyl/N-ethyl adjacent to an activating group) is 1. The van der Waals surface area contributed by atoms with Crippen molar-refractivity contribution in [3.8, 4) is 5.75 Å². The molecular formula is C19H18ClN3O2. The van der Waals surface area contributed by atoms with Crippen molar-refractivity contribution < 1.29 is 9.53 Å². The number of halogens is 1. The van der Waals surface area contributed by atoms with Crippen molar-refractivity contribution in [1.29, 1.82) is 0 Å². The predicted octanol–water partition coefficient (Wildman–Crippen LogP) is 3.90. The molecule has 1 N–H and O–H groups in total. The summed E-state index contributed by atoms with van der Waals surface area (Å²) >= 11 is 6.00. The Labute approximate surface area is 150 Å². The Hall–Kier alpha value is -2.79. The fourth-order valence-corrected chi connectivity index (χ4v) is 2.69. The minimum absolute atomic E-state index is 0.137. The first-order valence-electron chi connectivity index (χ1n) is 7.77. The van der Waals surface area contributed by atoms with E-state index in [0.717, 1.165) is 22.4 Å². The van der Waals surface area contributed by atoms with Crippen molar-refractivity contribution in [3.63, 3.8) is 0 Å². The summed E-state index contributed by atoms with van der Waals surface area (Å²) in [7, 11) is 3.31. The van der Waals surface area contributed by atoms with Gasteiger partial charge in [0.25, 0.3) is 0 Å². The molecule has 5 nitrogen and oxygen atoms in total. The third kappa shape index (κ3) is 4.00. The lowest BCUT2D eigenvalue weighted by molar-refractivity contribution is -0.125. The van der Waals surface area contributed by atoms with E-state index in [-0.39, 0.29) is 5.91 Å². The van der Waals surface area contributed by atoms with Crippen LogP contribution in [0.25, 0.3) is 17.1 Å².